The van der Waals surface area contributed by atoms with Gasteiger partial charge in [0.05, 0.1) is 18.8 Å². The molecule has 1 aromatic heterocycles. The van der Waals surface area contributed by atoms with Crippen molar-refractivity contribution in [2.24, 2.45) is 0 Å². The molecule has 0 radical (unpaired) electrons. The van der Waals surface area contributed by atoms with Gasteiger partial charge in [-0.15, -0.1) is 10.2 Å². The molecule has 2 heterocycles. The smallest absolute Gasteiger partial charge is 0.230 e. The summed E-state index contributed by atoms with van der Waals surface area (Å²) in [5.41, 5.74) is 1.03. The van der Waals surface area contributed by atoms with E-state index in [9.17, 15) is 4.79 Å². The number of carbonyl (C=O) groups excluding carboxylic acids is 1. The Morgan fingerprint density at radius 1 is 1.10 bits per heavy atom. The van der Waals surface area contributed by atoms with E-state index >= 15 is 0 Å². The highest BCUT2D eigenvalue weighted by atomic mass is 32.2. The van der Waals surface area contributed by atoms with Crippen molar-refractivity contribution in [2.45, 2.75) is 70.2 Å². The topological polar surface area (TPSA) is 63.1 Å². The number of nitrogens with one attached hydrogen (secondary N) is 1. The number of hydrogen-bond acceptors (Lipinski definition) is 5. The van der Waals surface area contributed by atoms with Crippen molar-refractivity contribution >= 4 is 17.7 Å². The van der Waals surface area contributed by atoms with Crippen molar-refractivity contribution in [3.8, 4) is 0 Å². The van der Waals surface area contributed by atoms with Crippen molar-refractivity contribution in [2.75, 3.05) is 18.8 Å². The van der Waals surface area contributed by atoms with Gasteiger partial charge in [-0.05, 0) is 51.8 Å². The van der Waals surface area contributed by atoms with E-state index in [1.54, 1.807) is 0 Å². The fourth-order valence-corrected chi connectivity index (χ4v) is 4.17. The average Bonchev–Trinajstić information content (AvgIpc) is 3.09. The van der Waals surface area contributed by atoms with Crippen molar-refractivity contribution < 1.29 is 4.79 Å². The Morgan fingerprint density at radius 2 is 1.83 bits per heavy atom. The summed E-state index contributed by atoms with van der Waals surface area (Å²) in [6.45, 7) is 9.95. The number of hydrogen-bond donors (Lipinski definition) is 1. The number of nitrogens with zero attached hydrogens (tertiary/aromatic N) is 4. The van der Waals surface area contributed by atoms with Crippen LogP contribution >= 0.6 is 11.8 Å². The second-order valence-corrected chi connectivity index (χ2v) is 9.32. The molecule has 0 spiro atoms. The number of benzene rings is 1. The zero-order chi connectivity index (χ0) is 20.7. The first kappa shape index (κ1) is 21.8. The first-order valence-corrected chi connectivity index (χ1v) is 11.6. The fourth-order valence-electron chi connectivity index (χ4n) is 3.42. The quantitative estimate of drug-likeness (QED) is 0.633. The maximum Gasteiger partial charge on any atom is 0.230 e. The molecule has 1 aliphatic heterocycles. The van der Waals surface area contributed by atoms with Gasteiger partial charge in [-0.3, -0.25) is 9.69 Å². The molecule has 1 N–H and O–H groups in total. The SMILES string of the molecule is CCC(C)(C)NC(=O)CSc1nnc(CN2CCCCC2)n1Cc1ccccc1. The van der Waals surface area contributed by atoms with Crippen LogP contribution in [-0.4, -0.2) is 50.0 Å². The molecule has 1 aliphatic rings. The average molecular weight is 416 g/mol. The number of thioether (sulfide) groups is 1. The Morgan fingerprint density at radius 3 is 2.52 bits per heavy atom. The molecule has 1 saturated heterocycles. The first-order chi connectivity index (χ1) is 14.0. The van der Waals surface area contributed by atoms with Gasteiger partial charge in [0.1, 0.15) is 5.82 Å². The van der Waals surface area contributed by atoms with E-state index in [1.807, 2.05) is 19.9 Å². The van der Waals surface area contributed by atoms with Gasteiger partial charge in [-0.2, -0.15) is 0 Å². The van der Waals surface area contributed by atoms with Crippen molar-refractivity contribution in [1.82, 2.24) is 25.0 Å². The summed E-state index contributed by atoms with van der Waals surface area (Å²) in [4.78, 5) is 14.8. The third kappa shape index (κ3) is 6.57. The minimum absolute atomic E-state index is 0.0358. The Hall–Kier alpha value is -1.86. The third-order valence-corrected chi connectivity index (χ3v) is 6.45. The van der Waals surface area contributed by atoms with Gasteiger partial charge in [0.25, 0.3) is 0 Å². The standard InChI is InChI=1S/C22H33N5OS/c1-4-22(2,3)23-20(28)17-29-21-25-24-19(16-26-13-9-6-10-14-26)27(21)15-18-11-7-5-8-12-18/h5,7-8,11-12H,4,6,9-10,13-17H2,1-3H3,(H,23,28). The van der Waals surface area contributed by atoms with Crippen LogP contribution in [0, 0.1) is 0 Å². The fraction of sp³-hybridized carbons (Fsp3) is 0.591. The summed E-state index contributed by atoms with van der Waals surface area (Å²) in [6, 6.07) is 10.4. The highest BCUT2D eigenvalue weighted by Gasteiger charge is 2.21. The molecule has 0 bridgehead atoms. The molecular weight excluding hydrogens is 382 g/mol. The molecule has 0 aliphatic carbocycles. The van der Waals surface area contributed by atoms with Crippen LogP contribution in [0.4, 0.5) is 0 Å². The van der Waals surface area contributed by atoms with Crippen LogP contribution in [0.2, 0.25) is 0 Å². The normalized spacial score (nSPS) is 15.4. The predicted octanol–water partition coefficient (Wildman–Crippen LogP) is 3.71. The summed E-state index contributed by atoms with van der Waals surface area (Å²) < 4.78 is 2.17. The van der Waals surface area contributed by atoms with Gasteiger partial charge in [-0.25, -0.2) is 0 Å². The number of rotatable bonds is 9. The molecule has 1 aromatic carbocycles. The Kier molecular flexibility index (Phi) is 7.72. The maximum absolute atomic E-state index is 12.4. The van der Waals surface area contributed by atoms with Crippen LogP contribution < -0.4 is 5.32 Å². The molecule has 7 heteroatoms. The lowest BCUT2D eigenvalue weighted by molar-refractivity contribution is -0.120. The van der Waals surface area contributed by atoms with Crippen LogP contribution in [0.1, 0.15) is 57.8 Å². The highest BCUT2D eigenvalue weighted by molar-refractivity contribution is 7.99. The zero-order valence-electron chi connectivity index (χ0n) is 17.9. The van der Waals surface area contributed by atoms with Gasteiger partial charge < -0.3 is 9.88 Å². The van der Waals surface area contributed by atoms with E-state index < -0.39 is 0 Å². The second kappa shape index (κ2) is 10.3. The molecule has 1 amide bonds. The Bertz CT molecular complexity index is 784. The number of carbonyl (C=O) groups is 1. The first-order valence-electron chi connectivity index (χ1n) is 10.6. The molecule has 29 heavy (non-hydrogen) atoms. The molecule has 6 nitrogen and oxygen atoms in total. The second-order valence-electron chi connectivity index (χ2n) is 8.38. The lowest BCUT2D eigenvalue weighted by Gasteiger charge is -2.26. The third-order valence-electron chi connectivity index (χ3n) is 5.48. The minimum Gasteiger partial charge on any atom is -0.351 e. The molecular formula is C22H33N5OS. The summed E-state index contributed by atoms with van der Waals surface area (Å²) in [6.07, 6.45) is 4.72. The molecule has 1 fully saturated rings. The molecule has 158 valence electrons. The van der Waals surface area contributed by atoms with Gasteiger partial charge in [0.2, 0.25) is 5.91 Å². The number of amides is 1. The molecule has 0 atom stereocenters. The van der Waals surface area contributed by atoms with E-state index in [0.717, 1.165) is 43.6 Å². The number of likely N-dealkylation sites (tertiary alicyclic amines) is 1. The van der Waals surface area contributed by atoms with Gasteiger partial charge in [0.15, 0.2) is 5.16 Å². The van der Waals surface area contributed by atoms with Crippen molar-refractivity contribution in [3.63, 3.8) is 0 Å². The summed E-state index contributed by atoms with van der Waals surface area (Å²) >= 11 is 1.47. The van der Waals surface area contributed by atoms with E-state index in [2.05, 4.69) is 56.2 Å². The lowest BCUT2D eigenvalue weighted by atomic mass is 10.0. The van der Waals surface area contributed by atoms with Crippen LogP contribution in [0.15, 0.2) is 35.5 Å². The summed E-state index contributed by atoms with van der Waals surface area (Å²) in [5.74, 6) is 1.36. The van der Waals surface area contributed by atoms with E-state index in [-0.39, 0.29) is 11.4 Å². The monoisotopic (exact) mass is 415 g/mol. The molecule has 0 saturated carbocycles. The molecule has 3 rings (SSSR count). The van der Waals surface area contributed by atoms with Crippen LogP contribution in [0.5, 0.6) is 0 Å². The van der Waals surface area contributed by atoms with Crippen LogP contribution in [0.3, 0.4) is 0 Å². The molecule has 0 unspecified atom stereocenters. The van der Waals surface area contributed by atoms with Crippen LogP contribution in [-0.2, 0) is 17.9 Å². The van der Waals surface area contributed by atoms with E-state index in [0.29, 0.717) is 5.75 Å². The summed E-state index contributed by atoms with van der Waals surface area (Å²) in [7, 11) is 0. The highest BCUT2D eigenvalue weighted by Crippen LogP contribution is 2.21. The molecule has 2 aromatic rings. The Labute approximate surface area is 178 Å². The van der Waals surface area contributed by atoms with Crippen molar-refractivity contribution in [1.29, 1.82) is 0 Å². The zero-order valence-corrected chi connectivity index (χ0v) is 18.7. The van der Waals surface area contributed by atoms with Gasteiger partial charge >= 0.3 is 0 Å². The maximum atomic E-state index is 12.4. The Balaban J connectivity index is 1.72. The van der Waals surface area contributed by atoms with Crippen molar-refractivity contribution in [3.05, 3.63) is 41.7 Å². The summed E-state index contributed by atoms with van der Waals surface area (Å²) in [5, 5.41) is 12.8. The lowest BCUT2D eigenvalue weighted by Crippen LogP contribution is -2.43. The number of aromatic nitrogens is 3. The largest absolute Gasteiger partial charge is 0.351 e. The number of piperidine rings is 1. The van der Waals surface area contributed by atoms with E-state index in [4.69, 9.17) is 0 Å². The minimum atomic E-state index is -0.186. The van der Waals surface area contributed by atoms with Gasteiger partial charge in [-0.1, -0.05) is 55.4 Å². The predicted molar refractivity (Wildman–Crippen MR) is 118 cm³/mol. The van der Waals surface area contributed by atoms with E-state index in [1.165, 1.54) is 36.6 Å². The van der Waals surface area contributed by atoms with Crippen LogP contribution in [0.25, 0.3) is 0 Å². The van der Waals surface area contributed by atoms with Gasteiger partial charge in [0, 0.05) is 5.54 Å².